The second-order valence-corrected chi connectivity index (χ2v) is 7.89. The van der Waals surface area contributed by atoms with E-state index < -0.39 is 11.6 Å². The number of rotatable bonds is 3. The van der Waals surface area contributed by atoms with Gasteiger partial charge in [-0.25, -0.2) is 13.5 Å². The van der Waals surface area contributed by atoms with Gasteiger partial charge in [-0.3, -0.25) is 9.48 Å². The highest BCUT2D eigenvalue weighted by Crippen LogP contribution is 2.35. The van der Waals surface area contributed by atoms with E-state index in [-0.39, 0.29) is 23.2 Å². The topological polar surface area (TPSA) is 68.8 Å². The summed E-state index contributed by atoms with van der Waals surface area (Å²) in [4.78, 5) is 15.0. The van der Waals surface area contributed by atoms with Crippen LogP contribution >= 0.6 is 0 Å². The molecule has 1 aliphatic heterocycles. The lowest BCUT2D eigenvalue weighted by atomic mass is 9.85. The lowest BCUT2D eigenvalue weighted by Gasteiger charge is -2.34. The van der Waals surface area contributed by atoms with Crippen LogP contribution in [0.15, 0.2) is 54.9 Å². The van der Waals surface area contributed by atoms with Crippen LogP contribution in [-0.4, -0.2) is 42.1 Å². The smallest absolute Gasteiger partial charge is 0.276 e. The van der Waals surface area contributed by atoms with Gasteiger partial charge in [-0.1, -0.05) is 29.5 Å². The van der Waals surface area contributed by atoms with Crippen molar-refractivity contribution in [2.45, 2.75) is 19.4 Å². The summed E-state index contributed by atoms with van der Waals surface area (Å²) >= 11 is 0. The number of nitrogens with zero attached hydrogens (tertiary/aromatic N) is 6. The van der Waals surface area contributed by atoms with Crippen molar-refractivity contribution in [3.8, 4) is 5.69 Å². The SMILES string of the molecule is Cc1c(C2CN(C(=O)c3cn(-c4ccc(F)cc4F)nn3)Cc3ccccc32)cnn1C. The molecule has 3 heterocycles. The molecule has 5 rings (SSSR count). The number of amides is 1. The van der Waals surface area contributed by atoms with E-state index in [2.05, 4.69) is 21.5 Å². The first-order chi connectivity index (χ1) is 15.4. The Morgan fingerprint density at radius 2 is 1.94 bits per heavy atom. The summed E-state index contributed by atoms with van der Waals surface area (Å²) in [6.45, 7) is 2.90. The molecule has 32 heavy (non-hydrogen) atoms. The van der Waals surface area contributed by atoms with E-state index in [1.54, 1.807) is 4.90 Å². The van der Waals surface area contributed by atoms with Gasteiger partial charge in [-0.2, -0.15) is 5.10 Å². The van der Waals surface area contributed by atoms with E-state index in [1.807, 2.05) is 43.0 Å². The molecule has 0 saturated carbocycles. The second kappa shape index (κ2) is 7.67. The van der Waals surface area contributed by atoms with E-state index >= 15 is 0 Å². The Balaban J connectivity index is 1.47. The second-order valence-electron chi connectivity index (χ2n) is 7.89. The zero-order valence-corrected chi connectivity index (χ0v) is 17.5. The summed E-state index contributed by atoms with van der Waals surface area (Å²) in [5, 5.41) is 12.2. The Kier molecular flexibility index (Phi) is 4.80. The van der Waals surface area contributed by atoms with Crippen molar-refractivity contribution < 1.29 is 13.6 Å². The maximum atomic E-state index is 14.1. The maximum absolute atomic E-state index is 14.1. The quantitative estimate of drug-likeness (QED) is 0.496. The number of hydrogen-bond donors (Lipinski definition) is 0. The van der Waals surface area contributed by atoms with Crippen LogP contribution in [0.2, 0.25) is 0 Å². The number of carbonyl (C=O) groups excluding carboxylic acids is 1. The molecule has 0 fully saturated rings. The number of fused-ring (bicyclic) bond motifs is 1. The van der Waals surface area contributed by atoms with E-state index in [9.17, 15) is 13.6 Å². The molecule has 2 aromatic heterocycles. The highest BCUT2D eigenvalue weighted by molar-refractivity contribution is 5.92. The van der Waals surface area contributed by atoms with E-state index in [1.165, 1.54) is 17.8 Å². The van der Waals surface area contributed by atoms with Gasteiger partial charge in [0.1, 0.15) is 11.5 Å². The summed E-state index contributed by atoms with van der Waals surface area (Å²) in [5.41, 5.74) is 4.44. The molecule has 0 saturated heterocycles. The largest absolute Gasteiger partial charge is 0.332 e. The highest BCUT2D eigenvalue weighted by atomic mass is 19.1. The van der Waals surface area contributed by atoms with Crippen molar-refractivity contribution in [3.05, 3.63) is 94.6 Å². The molecule has 0 spiro atoms. The predicted molar refractivity (Wildman–Crippen MR) is 112 cm³/mol. The van der Waals surface area contributed by atoms with E-state index in [0.29, 0.717) is 13.1 Å². The fourth-order valence-corrected chi connectivity index (χ4v) is 4.19. The van der Waals surface area contributed by atoms with Gasteiger partial charge in [0.25, 0.3) is 5.91 Å². The van der Waals surface area contributed by atoms with Crippen LogP contribution < -0.4 is 0 Å². The molecule has 0 N–H and O–H groups in total. The van der Waals surface area contributed by atoms with Crippen molar-refractivity contribution in [3.63, 3.8) is 0 Å². The first-order valence-corrected chi connectivity index (χ1v) is 10.2. The average molecular weight is 434 g/mol. The van der Waals surface area contributed by atoms with Gasteiger partial charge in [0.15, 0.2) is 11.5 Å². The van der Waals surface area contributed by atoms with E-state index in [0.717, 1.165) is 33.6 Å². The summed E-state index contributed by atoms with van der Waals surface area (Å²) in [6, 6.07) is 11.2. The van der Waals surface area contributed by atoms with Crippen LogP contribution in [0, 0.1) is 18.6 Å². The zero-order chi connectivity index (χ0) is 22.4. The molecule has 162 valence electrons. The van der Waals surface area contributed by atoms with Gasteiger partial charge in [0.05, 0.1) is 12.4 Å². The molecule has 2 aromatic carbocycles. The minimum atomic E-state index is -0.784. The Hall–Kier alpha value is -3.88. The fraction of sp³-hybridized carbons (Fsp3) is 0.217. The molecule has 0 bridgehead atoms. The Morgan fingerprint density at radius 1 is 1.12 bits per heavy atom. The van der Waals surface area contributed by atoms with Gasteiger partial charge in [0, 0.05) is 43.4 Å². The first-order valence-electron chi connectivity index (χ1n) is 10.2. The number of benzene rings is 2. The van der Waals surface area contributed by atoms with Crippen LogP contribution in [0.3, 0.4) is 0 Å². The Labute approximate surface area is 182 Å². The number of aryl methyl sites for hydroxylation is 1. The van der Waals surface area contributed by atoms with Crippen molar-refractivity contribution in [1.82, 2.24) is 29.7 Å². The third-order valence-electron chi connectivity index (χ3n) is 6.00. The number of halogens is 2. The lowest BCUT2D eigenvalue weighted by Crippen LogP contribution is -2.39. The molecule has 1 unspecified atom stereocenters. The van der Waals surface area contributed by atoms with Gasteiger partial charge in [0.2, 0.25) is 0 Å². The molecule has 7 nitrogen and oxygen atoms in total. The molecular formula is C23H20F2N6O. The van der Waals surface area contributed by atoms with Crippen LogP contribution in [-0.2, 0) is 13.6 Å². The van der Waals surface area contributed by atoms with Gasteiger partial charge in [-0.05, 0) is 30.2 Å². The molecule has 0 aliphatic carbocycles. The van der Waals surface area contributed by atoms with Crippen LogP contribution in [0.5, 0.6) is 0 Å². The highest BCUT2D eigenvalue weighted by Gasteiger charge is 2.32. The monoisotopic (exact) mass is 434 g/mol. The lowest BCUT2D eigenvalue weighted by molar-refractivity contribution is 0.0718. The summed E-state index contributed by atoms with van der Waals surface area (Å²) < 4.78 is 30.3. The first kappa shape index (κ1) is 20.0. The van der Waals surface area contributed by atoms with Crippen molar-refractivity contribution in [2.24, 2.45) is 7.05 Å². The molecule has 1 amide bonds. The Morgan fingerprint density at radius 3 is 2.69 bits per heavy atom. The standard InChI is InChI=1S/C23H20F2N6O/c1-14-18(10-26-29(14)2)19-12-30(11-15-5-3-4-6-17(15)19)23(32)21-13-31(28-27-21)22-8-7-16(24)9-20(22)25/h3-10,13,19H,11-12H2,1-2H3. The van der Waals surface area contributed by atoms with Gasteiger partial charge < -0.3 is 4.90 Å². The average Bonchev–Trinajstić information content (AvgIpc) is 3.40. The minimum absolute atomic E-state index is 0.0193. The van der Waals surface area contributed by atoms with Crippen molar-refractivity contribution in [1.29, 1.82) is 0 Å². The third-order valence-corrected chi connectivity index (χ3v) is 6.00. The summed E-state index contributed by atoms with van der Waals surface area (Å²) in [7, 11) is 1.89. The van der Waals surface area contributed by atoms with Crippen LogP contribution in [0.4, 0.5) is 8.78 Å². The molecular weight excluding hydrogens is 414 g/mol. The van der Waals surface area contributed by atoms with Crippen LogP contribution in [0.25, 0.3) is 5.69 Å². The predicted octanol–water partition coefficient (Wildman–Crippen LogP) is 3.38. The fourth-order valence-electron chi connectivity index (χ4n) is 4.19. The maximum Gasteiger partial charge on any atom is 0.276 e. The molecule has 1 atom stereocenters. The third kappa shape index (κ3) is 3.35. The summed E-state index contributed by atoms with van der Waals surface area (Å²) in [6.07, 6.45) is 3.21. The molecule has 1 aliphatic rings. The molecule has 0 radical (unpaired) electrons. The number of hydrogen-bond acceptors (Lipinski definition) is 4. The minimum Gasteiger partial charge on any atom is -0.332 e. The normalized spacial score (nSPS) is 15.6. The zero-order valence-electron chi connectivity index (χ0n) is 17.5. The van der Waals surface area contributed by atoms with Gasteiger partial charge in [-0.15, -0.1) is 5.10 Å². The van der Waals surface area contributed by atoms with E-state index in [4.69, 9.17) is 0 Å². The molecule has 9 heteroatoms. The van der Waals surface area contributed by atoms with Crippen LogP contribution in [0.1, 0.15) is 38.8 Å². The molecule has 4 aromatic rings. The summed E-state index contributed by atoms with van der Waals surface area (Å²) in [5.74, 6) is -1.80. The van der Waals surface area contributed by atoms with Gasteiger partial charge >= 0.3 is 0 Å². The number of carbonyl (C=O) groups is 1. The van der Waals surface area contributed by atoms with Crippen molar-refractivity contribution >= 4 is 5.91 Å². The number of aromatic nitrogens is 5. The van der Waals surface area contributed by atoms with Crippen molar-refractivity contribution in [2.75, 3.05) is 6.54 Å². The Bertz CT molecular complexity index is 1330.